The van der Waals surface area contributed by atoms with E-state index in [1.807, 2.05) is 42.5 Å². The van der Waals surface area contributed by atoms with Gasteiger partial charge >= 0.3 is 6.09 Å². The summed E-state index contributed by atoms with van der Waals surface area (Å²) in [6.45, 7) is 4.84. The molecule has 1 aromatic carbocycles. The van der Waals surface area contributed by atoms with Crippen molar-refractivity contribution in [3.8, 4) is 17.1 Å². The van der Waals surface area contributed by atoms with Crippen LogP contribution in [0.2, 0.25) is 0 Å². The zero-order valence-electron chi connectivity index (χ0n) is 18.4. The number of para-hydroxylation sites is 1. The number of methoxy groups -OCH3 is 1. The van der Waals surface area contributed by atoms with Crippen molar-refractivity contribution >= 4 is 23.6 Å². The van der Waals surface area contributed by atoms with Crippen molar-refractivity contribution in [2.75, 3.05) is 13.8 Å². The highest BCUT2D eigenvalue weighted by Gasteiger charge is 2.52. The summed E-state index contributed by atoms with van der Waals surface area (Å²) in [6, 6.07) is 12.8. The van der Waals surface area contributed by atoms with Gasteiger partial charge in [-0.1, -0.05) is 12.1 Å². The molecular formula is C24H25N4O4+. The van der Waals surface area contributed by atoms with Crippen LogP contribution >= 0.6 is 0 Å². The monoisotopic (exact) mass is 433 g/mol. The van der Waals surface area contributed by atoms with Gasteiger partial charge in [0, 0.05) is 35.7 Å². The van der Waals surface area contributed by atoms with Crippen molar-refractivity contribution < 1.29 is 19.4 Å². The molecule has 3 aromatic rings. The summed E-state index contributed by atoms with van der Waals surface area (Å²) in [7, 11) is 1.49. The Labute approximate surface area is 186 Å². The molecule has 1 N–H and O–H groups in total. The zero-order chi connectivity index (χ0) is 22.9. The number of pyridine rings is 1. The number of amides is 1. The van der Waals surface area contributed by atoms with Crippen molar-refractivity contribution in [2.45, 2.75) is 26.4 Å². The molecule has 32 heavy (non-hydrogen) atoms. The van der Waals surface area contributed by atoms with Crippen molar-refractivity contribution in [3.05, 3.63) is 66.0 Å². The molecule has 0 saturated carbocycles. The first-order valence-corrected chi connectivity index (χ1v) is 10.2. The third kappa shape index (κ3) is 3.63. The average molecular weight is 433 g/mol. The van der Waals surface area contributed by atoms with Crippen molar-refractivity contribution in [3.63, 3.8) is 0 Å². The zero-order valence-corrected chi connectivity index (χ0v) is 18.4. The van der Waals surface area contributed by atoms with Crippen molar-refractivity contribution in [1.82, 2.24) is 19.7 Å². The minimum atomic E-state index is -0.747. The third-order valence-electron chi connectivity index (χ3n) is 5.17. The molecule has 0 radical (unpaired) electrons. The molecule has 164 valence electrons. The van der Waals surface area contributed by atoms with Gasteiger partial charge in [-0.2, -0.15) is 4.79 Å². The molecule has 0 saturated heterocycles. The summed E-state index contributed by atoms with van der Waals surface area (Å²) in [4.78, 5) is 17.6. The van der Waals surface area contributed by atoms with E-state index in [0.29, 0.717) is 22.6 Å². The Morgan fingerprint density at radius 3 is 2.47 bits per heavy atom. The largest absolute Gasteiger partial charge is 0.529 e. The lowest BCUT2D eigenvalue weighted by molar-refractivity contribution is 0.0236. The van der Waals surface area contributed by atoms with E-state index in [1.54, 1.807) is 39.2 Å². The standard InChI is InChI=1S/C24H25N4O4/c1-24(2,3)32-23(30)28(15-29)20-8-6-5-7-17(20)13-21(28)18-14-19(26-27-22(18)31-4)16-9-11-25-12-10-16/h5-14,29H,15H2,1-4H3/q+1. The van der Waals surface area contributed by atoms with Gasteiger partial charge in [-0.05, 0) is 45.0 Å². The molecule has 2 aromatic heterocycles. The second-order valence-corrected chi connectivity index (χ2v) is 8.41. The van der Waals surface area contributed by atoms with E-state index < -0.39 is 22.9 Å². The normalized spacial score (nSPS) is 17.5. The van der Waals surface area contributed by atoms with Crippen LogP contribution in [0.5, 0.6) is 5.88 Å². The van der Waals surface area contributed by atoms with Crippen LogP contribution in [0.15, 0.2) is 54.9 Å². The number of quaternary nitrogens is 1. The van der Waals surface area contributed by atoms with Gasteiger partial charge in [0.25, 0.3) is 0 Å². The first kappa shape index (κ1) is 21.6. The SMILES string of the molecule is COc1nnc(-c2ccncc2)cc1C1=Cc2ccccc2[N+]1(CO)C(=O)OC(C)(C)C. The molecule has 1 unspecified atom stereocenters. The molecule has 1 atom stereocenters. The van der Waals surface area contributed by atoms with Gasteiger partial charge in [-0.3, -0.25) is 4.98 Å². The average Bonchev–Trinajstić information content (AvgIpc) is 3.13. The van der Waals surface area contributed by atoms with E-state index in [-0.39, 0.29) is 5.88 Å². The van der Waals surface area contributed by atoms with Gasteiger partial charge in [0.2, 0.25) is 5.88 Å². The summed E-state index contributed by atoms with van der Waals surface area (Å²) >= 11 is 0. The van der Waals surface area contributed by atoms with Gasteiger partial charge in [-0.25, -0.2) is 0 Å². The van der Waals surface area contributed by atoms with E-state index in [4.69, 9.17) is 9.47 Å². The summed E-state index contributed by atoms with van der Waals surface area (Å²) < 4.78 is 10.7. The Bertz CT molecular complexity index is 1190. The van der Waals surface area contributed by atoms with E-state index >= 15 is 0 Å². The number of benzene rings is 1. The molecule has 8 heteroatoms. The van der Waals surface area contributed by atoms with Crippen LogP contribution in [-0.2, 0) is 4.74 Å². The molecule has 3 heterocycles. The summed E-state index contributed by atoms with van der Waals surface area (Å²) in [5, 5.41) is 19.2. The van der Waals surface area contributed by atoms with Crippen LogP contribution in [-0.4, -0.2) is 45.8 Å². The Balaban J connectivity index is 1.94. The van der Waals surface area contributed by atoms with E-state index in [0.717, 1.165) is 11.1 Å². The first-order valence-electron chi connectivity index (χ1n) is 10.2. The Morgan fingerprint density at radius 2 is 1.81 bits per heavy atom. The van der Waals surface area contributed by atoms with Gasteiger partial charge in [0.1, 0.15) is 11.2 Å². The Kier molecular flexibility index (Phi) is 5.50. The minimum Gasteiger partial charge on any atom is -0.479 e. The van der Waals surface area contributed by atoms with Crippen LogP contribution in [0.1, 0.15) is 31.9 Å². The maximum Gasteiger partial charge on any atom is 0.529 e. The number of carbonyl (C=O) groups is 1. The predicted octanol–water partition coefficient (Wildman–Crippen LogP) is 4.25. The molecule has 0 fully saturated rings. The van der Waals surface area contributed by atoms with Crippen LogP contribution < -0.4 is 9.22 Å². The molecule has 0 spiro atoms. The first-order chi connectivity index (χ1) is 15.3. The van der Waals surface area contributed by atoms with Crippen LogP contribution in [0.25, 0.3) is 23.0 Å². The molecule has 1 amide bonds. The lowest BCUT2D eigenvalue weighted by Gasteiger charge is -2.33. The van der Waals surface area contributed by atoms with Gasteiger partial charge in [0.15, 0.2) is 18.1 Å². The van der Waals surface area contributed by atoms with Gasteiger partial charge in [0.05, 0.1) is 12.8 Å². The van der Waals surface area contributed by atoms with Crippen LogP contribution in [0.4, 0.5) is 10.5 Å². The number of fused-ring (bicyclic) bond motifs is 1. The molecule has 1 aliphatic rings. The lowest BCUT2D eigenvalue weighted by atomic mass is 10.1. The fourth-order valence-corrected chi connectivity index (χ4v) is 3.75. The quantitative estimate of drug-likeness (QED) is 0.615. The smallest absolute Gasteiger partial charge is 0.479 e. The highest BCUT2D eigenvalue weighted by molar-refractivity contribution is 6.08. The highest BCUT2D eigenvalue weighted by Crippen LogP contribution is 2.47. The third-order valence-corrected chi connectivity index (χ3v) is 5.17. The lowest BCUT2D eigenvalue weighted by Crippen LogP contribution is -2.54. The number of aromatic nitrogens is 3. The number of ether oxygens (including phenoxy) is 2. The second kappa shape index (κ2) is 8.14. The fraction of sp³-hybridized carbons (Fsp3) is 0.250. The summed E-state index contributed by atoms with van der Waals surface area (Å²) in [5.41, 5.74) is 3.08. The molecule has 8 nitrogen and oxygen atoms in total. The Hall–Kier alpha value is -3.62. The summed E-state index contributed by atoms with van der Waals surface area (Å²) in [5.74, 6) is 0.237. The van der Waals surface area contributed by atoms with Gasteiger partial charge < -0.3 is 14.6 Å². The second-order valence-electron chi connectivity index (χ2n) is 8.41. The van der Waals surface area contributed by atoms with Crippen molar-refractivity contribution in [2.24, 2.45) is 0 Å². The minimum absolute atomic E-state index is 0.237. The van der Waals surface area contributed by atoms with Gasteiger partial charge in [-0.15, -0.1) is 14.7 Å². The number of carbonyl (C=O) groups excluding carboxylic acids is 1. The number of aliphatic hydroxyl groups is 1. The van der Waals surface area contributed by atoms with Crippen molar-refractivity contribution in [1.29, 1.82) is 0 Å². The van der Waals surface area contributed by atoms with E-state index in [1.165, 1.54) is 7.11 Å². The molecule has 0 aliphatic carbocycles. The number of aliphatic hydroxyl groups excluding tert-OH is 1. The maximum atomic E-state index is 13.6. The Morgan fingerprint density at radius 1 is 1.09 bits per heavy atom. The number of hydrogen-bond donors (Lipinski definition) is 1. The predicted molar refractivity (Wildman–Crippen MR) is 121 cm³/mol. The number of rotatable bonds is 4. The fourth-order valence-electron chi connectivity index (χ4n) is 3.75. The molecule has 1 aliphatic heterocycles. The van der Waals surface area contributed by atoms with Crippen LogP contribution in [0.3, 0.4) is 0 Å². The van der Waals surface area contributed by atoms with E-state index in [2.05, 4.69) is 15.2 Å². The summed E-state index contributed by atoms with van der Waals surface area (Å²) in [6.07, 6.45) is 4.59. The van der Waals surface area contributed by atoms with Crippen LogP contribution in [0, 0.1) is 0 Å². The highest BCUT2D eigenvalue weighted by atomic mass is 16.6. The number of nitrogens with zero attached hydrogens (tertiary/aromatic N) is 4. The molecule has 0 bridgehead atoms. The number of hydrogen-bond acceptors (Lipinski definition) is 7. The topological polar surface area (TPSA) is 94.4 Å². The molecular weight excluding hydrogens is 408 g/mol. The molecule has 4 rings (SSSR count). The van der Waals surface area contributed by atoms with E-state index in [9.17, 15) is 9.90 Å². The maximum absolute atomic E-state index is 13.6.